The lowest BCUT2D eigenvalue weighted by atomic mass is 9.85. The number of hydrogen-bond donors (Lipinski definition) is 0. The van der Waals surface area contributed by atoms with Crippen molar-refractivity contribution >= 4 is 5.97 Å². The Balaban J connectivity index is 2.52. The van der Waals surface area contributed by atoms with Crippen molar-refractivity contribution in [2.45, 2.75) is 59.4 Å². The first-order valence-electron chi connectivity index (χ1n) is 6.83. The fraction of sp³-hybridized carbons (Fsp3) is 0.929. The second-order valence-corrected chi connectivity index (χ2v) is 5.46. The summed E-state index contributed by atoms with van der Waals surface area (Å²) < 4.78 is 16.8. The van der Waals surface area contributed by atoms with Crippen LogP contribution < -0.4 is 0 Å². The first-order valence-corrected chi connectivity index (χ1v) is 6.83. The smallest absolute Gasteiger partial charge is 0.304 e. The summed E-state index contributed by atoms with van der Waals surface area (Å²) in [6.07, 6.45) is 1.74. The highest BCUT2D eigenvalue weighted by atomic mass is 16.7. The molecular formula is C14H26O4. The lowest BCUT2D eigenvalue weighted by molar-refractivity contribution is -0.197. The van der Waals surface area contributed by atoms with Gasteiger partial charge >= 0.3 is 5.97 Å². The molecule has 0 aromatic carbocycles. The third-order valence-electron chi connectivity index (χ3n) is 3.88. The van der Waals surface area contributed by atoms with E-state index in [2.05, 4.69) is 20.8 Å². The van der Waals surface area contributed by atoms with Gasteiger partial charge in [0.1, 0.15) is 0 Å². The van der Waals surface area contributed by atoms with Crippen LogP contribution in [0.15, 0.2) is 0 Å². The first kappa shape index (κ1) is 15.4. The molecule has 0 aliphatic carbocycles. The molecule has 4 nitrogen and oxygen atoms in total. The SMILES string of the molecule is CCCCOC[C@@]1(C)O[C@H](OC(C)=O)[C@H](C)[C@@H]1C. The van der Waals surface area contributed by atoms with Gasteiger partial charge < -0.3 is 14.2 Å². The third-order valence-corrected chi connectivity index (χ3v) is 3.88. The molecule has 0 aromatic heterocycles. The van der Waals surface area contributed by atoms with E-state index in [0.717, 1.165) is 19.4 Å². The zero-order chi connectivity index (χ0) is 13.8. The fourth-order valence-electron chi connectivity index (χ4n) is 2.25. The summed E-state index contributed by atoms with van der Waals surface area (Å²) in [5.41, 5.74) is -0.368. The van der Waals surface area contributed by atoms with Gasteiger partial charge in [0, 0.05) is 19.4 Å². The van der Waals surface area contributed by atoms with Crippen molar-refractivity contribution in [1.82, 2.24) is 0 Å². The molecule has 1 fully saturated rings. The Bertz CT molecular complexity index is 279. The molecule has 0 aromatic rings. The Morgan fingerprint density at radius 3 is 2.61 bits per heavy atom. The summed E-state index contributed by atoms with van der Waals surface area (Å²) in [4.78, 5) is 11.0. The number of carbonyl (C=O) groups is 1. The van der Waals surface area contributed by atoms with Crippen LogP contribution in [-0.4, -0.2) is 31.1 Å². The fourth-order valence-corrected chi connectivity index (χ4v) is 2.25. The zero-order valence-corrected chi connectivity index (χ0v) is 12.2. The van der Waals surface area contributed by atoms with Crippen molar-refractivity contribution in [2.75, 3.05) is 13.2 Å². The summed E-state index contributed by atoms with van der Waals surface area (Å²) >= 11 is 0. The predicted molar refractivity (Wildman–Crippen MR) is 69.1 cm³/mol. The number of unbranched alkanes of at least 4 members (excludes halogenated alkanes) is 1. The van der Waals surface area contributed by atoms with Gasteiger partial charge in [-0.2, -0.15) is 0 Å². The quantitative estimate of drug-likeness (QED) is 0.543. The normalized spacial score (nSPS) is 35.7. The molecule has 0 bridgehead atoms. The molecule has 4 atom stereocenters. The van der Waals surface area contributed by atoms with Crippen molar-refractivity contribution in [3.05, 3.63) is 0 Å². The van der Waals surface area contributed by atoms with Crippen LogP contribution in [0.2, 0.25) is 0 Å². The van der Waals surface area contributed by atoms with Crippen LogP contribution in [-0.2, 0) is 19.0 Å². The van der Waals surface area contributed by atoms with E-state index in [1.807, 2.05) is 6.92 Å². The molecule has 0 radical (unpaired) electrons. The number of hydrogen-bond acceptors (Lipinski definition) is 4. The van der Waals surface area contributed by atoms with E-state index in [4.69, 9.17) is 14.2 Å². The van der Waals surface area contributed by atoms with Crippen molar-refractivity contribution in [2.24, 2.45) is 11.8 Å². The summed E-state index contributed by atoms with van der Waals surface area (Å²) in [5, 5.41) is 0. The maximum absolute atomic E-state index is 11.0. The molecule has 1 aliphatic heterocycles. The molecule has 4 heteroatoms. The van der Waals surface area contributed by atoms with E-state index in [0.29, 0.717) is 12.5 Å². The van der Waals surface area contributed by atoms with Crippen LogP contribution in [0.25, 0.3) is 0 Å². The van der Waals surface area contributed by atoms with Crippen LogP contribution >= 0.6 is 0 Å². The molecule has 0 saturated carbocycles. The van der Waals surface area contributed by atoms with Crippen molar-refractivity contribution in [1.29, 1.82) is 0 Å². The highest BCUT2D eigenvalue weighted by molar-refractivity contribution is 5.66. The number of ether oxygens (including phenoxy) is 3. The van der Waals surface area contributed by atoms with Gasteiger partial charge in [0.15, 0.2) is 0 Å². The lowest BCUT2D eigenvalue weighted by Crippen LogP contribution is -2.37. The molecule has 1 heterocycles. The Hall–Kier alpha value is -0.610. The largest absolute Gasteiger partial charge is 0.436 e. The van der Waals surface area contributed by atoms with E-state index in [1.165, 1.54) is 6.92 Å². The minimum absolute atomic E-state index is 0.189. The molecule has 1 saturated heterocycles. The Kier molecular flexibility index (Phi) is 5.60. The highest BCUT2D eigenvalue weighted by Gasteiger charge is 2.49. The highest BCUT2D eigenvalue weighted by Crippen LogP contribution is 2.40. The monoisotopic (exact) mass is 258 g/mol. The first-order chi connectivity index (χ1) is 8.40. The molecule has 0 amide bonds. The van der Waals surface area contributed by atoms with Gasteiger partial charge in [-0.25, -0.2) is 0 Å². The van der Waals surface area contributed by atoms with Crippen LogP contribution in [0, 0.1) is 11.8 Å². The van der Waals surface area contributed by atoms with Crippen molar-refractivity contribution < 1.29 is 19.0 Å². The molecule has 1 rings (SSSR count). The van der Waals surface area contributed by atoms with Gasteiger partial charge in [0.2, 0.25) is 6.29 Å². The number of rotatable bonds is 6. The van der Waals surface area contributed by atoms with Crippen LogP contribution in [0.4, 0.5) is 0 Å². The Morgan fingerprint density at radius 2 is 2.06 bits per heavy atom. The van der Waals surface area contributed by atoms with Crippen LogP contribution in [0.1, 0.15) is 47.5 Å². The summed E-state index contributed by atoms with van der Waals surface area (Å²) in [6, 6.07) is 0. The van der Waals surface area contributed by atoms with E-state index in [-0.39, 0.29) is 17.5 Å². The topological polar surface area (TPSA) is 44.8 Å². The van der Waals surface area contributed by atoms with Gasteiger partial charge in [0.25, 0.3) is 0 Å². The lowest BCUT2D eigenvalue weighted by Gasteiger charge is -2.28. The van der Waals surface area contributed by atoms with E-state index < -0.39 is 6.29 Å². The average molecular weight is 258 g/mol. The number of carbonyl (C=O) groups excluding carboxylic acids is 1. The minimum Gasteiger partial charge on any atom is -0.436 e. The minimum atomic E-state index is -0.447. The molecule has 0 N–H and O–H groups in total. The van der Waals surface area contributed by atoms with E-state index in [9.17, 15) is 4.79 Å². The van der Waals surface area contributed by atoms with Gasteiger partial charge in [0.05, 0.1) is 12.2 Å². The van der Waals surface area contributed by atoms with E-state index in [1.54, 1.807) is 0 Å². The van der Waals surface area contributed by atoms with Crippen LogP contribution in [0.3, 0.4) is 0 Å². The summed E-state index contributed by atoms with van der Waals surface area (Å²) in [6.45, 7) is 11.1. The molecule has 106 valence electrons. The van der Waals surface area contributed by atoms with Gasteiger partial charge in [-0.15, -0.1) is 0 Å². The molecular weight excluding hydrogens is 232 g/mol. The predicted octanol–water partition coefficient (Wildman–Crippen LogP) is 2.75. The number of esters is 1. The molecule has 0 spiro atoms. The van der Waals surface area contributed by atoms with Gasteiger partial charge in [-0.3, -0.25) is 4.79 Å². The molecule has 0 unspecified atom stereocenters. The molecule has 1 aliphatic rings. The Labute approximate surface area is 110 Å². The van der Waals surface area contributed by atoms with Gasteiger partial charge in [-0.1, -0.05) is 27.2 Å². The maximum Gasteiger partial charge on any atom is 0.304 e. The second-order valence-electron chi connectivity index (χ2n) is 5.46. The molecule has 18 heavy (non-hydrogen) atoms. The second kappa shape index (κ2) is 6.53. The zero-order valence-electron chi connectivity index (χ0n) is 12.2. The third kappa shape index (κ3) is 3.69. The van der Waals surface area contributed by atoms with Crippen LogP contribution in [0.5, 0.6) is 0 Å². The summed E-state index contributed by atoms with van der Waals surface area (Å²) in [5.74, 6) is 0.187. The van der Waals surface area contributed by atoms with Crippen molar-refractivity contribution in [3.8, 4) is 0 Å². The summed E-state index contributed by atoms with van der Waals surface area (Å²) in [7, 11) is 0. The van der Waals surface area contributed by atoms with Crippen molar-refractivity contribution in [3.63, 3.8) is 0 Å². The van der Waals surface area contributed by atoms with E-state index >= 15 is 0 Å². The average Bonchev–Trinajstić information content (AvgIpc) is 2.50. The maximum atomic E-state index is 11.0. The van der Waals surface area contributed by atoms with Gasteiger partial charge in [-0.05, 0) is 19.3 Å². The standard InChI is InChI=1S/C14H26O4/c1-6-7-8-16-9-14(5)11(3)10(2)13(18-14)17-12(4)15/h10-11,13H,6-9H2,1-5H3/t10-,11+,13+,14-/m1/s1. The Morgan fingerprint density at radius 1 is 1.39 bits per heavy atom.